The van der Waals surface area contributed by atoms with Crippen LogP contribution in [0.5, 0.6) is 0 Å². The summed E-state index contributed by atoms with van der Waals surface area (Å²) in [6, 6.07) is 5.63. The number of piperidine rings is 1. The molecule has 0 unspecified atom stereocenters. The van der Waals surface area contributed by atoms with E-state index in [9.17, 15) is 9.59 Å². The smallest absolute Gasteiger partial charge is 0.222 e. The van der Waals surface area contributed by atoms with Crippen molar-refractivity contribution < 1.29 is 9.59 Å². The second kappa shape index (κ2) is 8.97. The molecule has 2 aliphatic rings. The maximum absolute atomic E-state index is 12.8. The zero-order valence-corrected chi connectivity index (χ0v) is 21.3. The van der Waals surface area contributed by atoms with E-state index in [4.69, 9.17) is 22.3 Å². The van der Waals surface area contributed by atoms with Crippen LogP contribution in [0.3, 0.4) is 0 Å². The van der Waals surface area contributed by atoms with Crippen LogP contribution in [0.2, 0.25) is 5.02 Å². The van der Waals surface area contributed by atoms with Gasteiger partial charge in [-0.25, -0.2) is 15.0 Å². The number of fused-ring (bicyclic) bond motifs is 2. The van der Waals surface area contributed by atoms with Crippen molar-refractivity contribution in [3.05, 3.63) is 63.1 Å². The van der Waals surface area contributed by atoms with Crippen molar-refractivity contribution in [2.45, 2.75) is 51.0 Å². The van der Waals surface area contributed by atoms with Crippen molar-refractivity contribution in [2.75, 3.05) is 12.3 Å². The first kappa shape index (κ1) is 23.1. The van der Waals surface area contributed by atoms with Gasteiger partial charge in [0.05, 0.1) is 11.4 Å². The standard InChI is InChI=1S/C26H25ClN6O2S/c1-14-12-30-21(36-14)11-20(34)15-3-6-18(19(27)10-15)23-24-25(28)29-8-9-32(24)26(31-23)16-2-4-17-5-7-22(35)33(17)13-16/h3,6,8-10,12,16-17H,2,4-5,7,11,13H2,1H3,(H2,28,29)/t16-,17+/m1/s1. The van der Waals surface area contributed by atoms with Crippen LogP contribution in [-0.4, -0.2) is 48.5 Å². The zero-order valence-electron chi connectivity index (χ0n) is 19.8. The molecular formula is C26H25ClN6O2S. The van der Waals surface area contributed by atoms with Crippen LogP contribution < -0.4 is 5.73 Å². The van der Waals surface area contributed by atoms with Crippen molar-refractivity contribution >= 4 is 46.0 Å². The molecule has 5 heterocycles. The van der Waals surface area contributed by atoms with Gasteiger partial charge in [-0.1, -0.05) is 23.7 Å². The van der Waals surface area contributed by atoms with Crippen LogP contribution in [-0.2, 0) is 11.2 Å². The normalized spacial score (nSPS) is 19.7. The van der Waals surface area contributed by atoms with E-state index in [2.05, 4.69) is 9.97 Å². The van der Waals surface area contributed by atoms with Gasteiger partial charge in [0.2, 0.25) is 5.91 Å². The molecule has 1 amide bonds. The number of hydrogen-bond donors (Lipinski definition) is 1. The lowest BCUT2D eigenvalue weighted by molar-refractivity contribution is -0.130. The summed E-state index contributed by atoms with van der Waals surface area (Å²) in [5.41, 5.74) is 8.85. The van der Waals surface area contributed by atoms with Gasteiger partial charge < -0.3 is 10.6 Å². The van der Waals surface area contributed by atoms with Crippen LogP contribution in [0.15, 0.2) is 36.8 Å². The maximum atomic E-state index is 12.8. The van der Waals surface area contributed by atoms with E-state index in [1.807, 2.05) is 28.5 Å². The molecule has 2 fully saturated rings. The molecule has 2 aliphatic heterocycles. The summed E-state index contributed by atoms with van der Waals surface area (Å²) in [5.74, 6) is 1.48. The molecule has 0 saturated carbocycles. The van der Waals surface area contributed by atoms with Gasteiger partial charge in [0, 0.05) is 59.5 Å². The number of amides is 1. The minimum atomic E-state index is -0.0404. The Labute approximate surface area is 217 Å². The Hall–Kier alpha value is -3.30. The number of hydrogen-bond acceptors (Lipinski definition) is 7. The molecule has 10 heteroatoms. The van der Waals surface area contributed by atoms with Crippen molar-refractivity contribution in [3.63, 3.8) is 0 Å². The lowest BCUT2D eigenvalue weighted by Gasteiger charge is -2.34. The van der Waals surface area contributed by atoms with E-state index >= 15 is 0 Å². The highest BCUT2D eigenvalue weighted by atomic mass is 35.5. The molecule has 2 N–H and O–H groups in total. The number of nitrogen functional groups attached to an aromatic ring is 1. The van der Waals surface area contributed by atoms with Gasteiger partial charge in [0.15, 0.2) is 5.78 Å². The molecule has 4 aromatic rings. The average molecular weight is 521 g/mol. The van der Waals surface area contributed by atoms with Crippen LogP contribution in [0.1, 0.15) is 57.7 Å². The first-order valence-electron chi connectivity index (χ1n) is 12.1. The van der Waals surface area contributed by atoms with E-state index in [0.717, 1.165) is 35.0 Å². The van der Waals surface area contributed by atoms with Crippen LogP contribution in [0.25, 0.3) is 16.8 Å². The third-order valence-electron chi connectivity index (χ3n) is 7.22. The number of nitrogens with zero attached hydrogens (tertiary/aromatic N) is 5. The van der Waals surface area contributed by atoms with Crippen molar-refractivity contribution in [1.29, 1.82) is 0 Å². The average Bonchev–Trinajstić information content (AvgIpc) is 3.56. The fourth-order valence-corrected chi connectivity index (χ4v) is 6.50. The van der Waals surface area contributed by atoms with Gasteiger partial charge in [0.25, 0.3) is 0 Å². The Morgan fingerprint density at radius 3 is 2.89 bits per heavy atom. The summed E-state index contributed by atoms with van der Waals surface area (Å²) >= 11 is 8.24. The summed E-state index contributed by atoms with van der Waals surface area (Å²) in [4.78, 5) is 41.9. The summed E-state index contributed by atoms with van der Waals surface area (Å²) in [5, 5.41) is 1.21. The molecule has 0 aliphatic carbocycles. The topological polar surface area (TPSA) is 106 Å². The maximum Gasteiger partial charge on any atom is 0.222 e. The Kier molecular flexibility index (Phi) is 5.76. The number of aryl methyl sites for hydroxylation is 1. The molecule has 2 saturated heterocycles. The fourth-order valence-electron chi connectivity index (χ4n) is 5.44. The number of Topliss-reactive ketones (excluding diaryl/α,β-unsaturated/α-hetero) is 1. The summed E-state index contributed by atoms with van der Waals surface area (Å²) < 4.78 is 1.98. The predicted molar refractivity (Wildman–Crippen MR) is 139 cm³/mol. The number of aromatic nitrogens is 4. The molecule has 8 nitrogen and oxygen atoms in total. The minimum absolute atomic E-state index is 0.0404. The Morgan fingerprint density at radius 2 is 2.11 bits per heavy atom. The molecule has 0 radical (unpaired) electrons. The number of halogens is 1. The number of imidazole rings is 1. The third kappa shape index (κ3) is 3.96. The van der Waals surface area contributed by atoms with E-state index in [-0.39, 0.29) is 24.0 Å². The predicted octanol–water partition coefficient (Wildman–Crippen LogP) is 4.69. The van der Waals surface area contributed by atoms with Crippen LogP contribution >= 0.6 is 22.9 Å². The van der Waals surface area contributed by atoms with Gasteiger partial charge in [-0.2, -0.15) is 0 Å². The second-order valence-corrected chi connectivity index (χ2v) is 11.2. The Balaban J connectivity index is 1.36. The summed E-state index contributed by atoms with van der Waals surface area (Å²) in [7, 11) is 0. The van der Waals surface area contributed by atoms with Crippen LogP contribution in [0, 0.1) is 6.92 Å². The quantitative estimate of drug-likeness (QED) is 0.382. The van der Waals surface area contributed by atoms with Crippen molar-refractivity contribution in [3.8, 4) is 11.3 Å². The van der Waals surface area contributed by atoms with Crippen molar-refractivity contribution in [2.24, 2.45) is 0 Å². The third-order valence-corrected chi connectivity index (χ3v) is 8.45. The largest absolute Gasteiger partial charge is 0.382 e. The highest BCUT2D eigenvalue weighted by Crippen LogP contribution is 2.39. The Morgan fingerprint density at radius 1 is 1.25 bits per heavy atom. The monoisotopic (exact) mass is 520 g/mol. The number of anilines is 1. The fraction of sp³-hybridized carbons (Fsp3) is 0.346. The zero-order chi connectivity index (χ0) is 25.0. The SMILES string of the molecule is Cc1cnc(CC(=O)c2ccc(-c3nc([C@@H]4CC[C@H]5CCC(=O)N5C4)n4ccnc(N)c34)c(Cl)c2)s1. The second-order valence-electron chi connectivity index (χ2n) is 9.52. The van der Waals surface area contributed by atoms with E-state index in [1.54, 1.807) is 24.5 Å². The highest BCUT2D eigenvalue weighted by molar-refractivity contribution is 7.11. The molecule has 1 aromatic carbocycles. The number of rotatable bonds is 5. The van der Waals surface area contributed by atoms with Gasteiger partial charge in [-0.3, -0.25) is 14.0 Å². The van der Waals surface area contributed by atoms with E-state index < -0.39 is 0 Å². The first-order chi connectivity index (χ1) is 17.4. The Bertz CT molecular complexity index is 1510. The molecule has 36 heavy (non-hydrogen) atoms. The number of nitrogens with two attached hydrogens (primary N) is 1. The van der Waals surface area contributed by atoms with Gasteiger partial charge in [0.1, 0.15) is 27.9 Å². The number of thiazole rings is 1. The molecule has 0 bridgehead atoms. The summed E-state index contributed by atoms with van der Waals surface area (Å²) in [6.45, 7) is 2.62. The van der Waals surface area contributed by atoms with Gasteiger partial charge in [-0.15, -0.1) is 11.3 Å². The number of benzene rings is 1. The molecule has 0 spiro atoms. The number of carbonyl (C=O) groups excluding carboxylic acids is 2. The summed E-state index contributed by atoms with van der Waals surface area (Å²) in [6.07, 6.45) is 9.02. The van der Waals surface area contributed by atoms with Gasteiger partial charge >= 0.3 is 0 Å². The van der Waals surface area contributed by atoms with Crippen LogP contribution in [0.4, 0.5) is 5.82 Å². The van der Waals surface area contributed by atoms with E-state index in [0.29, 0.717) is 52.2 Å². The molecule has 3 aromatic heterocycles. The van der Waals surface area contributed by atoms with E-state index in [1.165, 1.54) is 11.3 Å². The lowest BCUT2D eigenvalue weighted by atomic mass is 9.92. The lowest BCUT2D eigenvalue weighted by Crippen LogP contribution is -2.41. The molecule has 184 valence electrons. The molecule has 6 rings (SSSR count). The first-order valence-corrected chi connectivity index (χ1v) is 13.2. The van der Waals surface area contributed by atoms with Gasteiger partial charge in [-0.05, 0) is 32.3 Å². The van der Waals surface area contributed by atoms with Crippen molar-refractivity contribution in [1.82, 2.24) is 24.3 Å². The number of carbonyl (C=O) groups is 2. The minimum Gasteiger partial charge on any atom is -0.382 e. The molecule has 2 atom stereocenters. The number of ketones is 1. The highest BCUT2D eigenvalue weighted by Gasteiger charge is 2.38. The molecular weight excluding hydrogens is 496 g/mol.